The van der Waals surface area contributed by atoms with Gasteiger partial charge in [0.05, 0.1) is 18.8 Å². The van der Waals surface area contributed by atoms with Crippen LogP contribution in [0, 0.1) is 17.8 Å². The zero-order valence-corrected chi connectivity index (χ0v) is 26.1. The highest BCUT2D eigenvalue weighted by atomic mass is 16.4. The Kier molecular flexibility index (Phi) is 17.2. The molecule has 5 heteroatoms. The van der Waals surface area contributed by atoms with Crippen molar-refractivity contribution in [1.29, 1.82) is 0 Å². The average Bonchev–Trinajstić information content (AvgIpc) is 2.95. The van der Waals surface area contributed by atoms with Crippen LogP contribution in [-0.4, -0.2) is 45.2 Å². The summed E-state index contributed by atoms with van der Waals surface area (Å²) in [5, 5.41) is 40.2. The molecule has 0 fully saturated rings. The van der Waals surface area contributed by atoms with E-state index >= 15 is 0 Å². The van der Waals surface area contributed by atoms with Crippen molar-refractivity contribution in [2.24, 2.45) is 17.8 Å². The van der Waals surface area contributed by atoms with Crippen molar-refractivity contribution in [3.05, 3.63) is 58.7 Å². The predicted molar refractivity (Wildman–Crippen MR) is 169 cm³/mol. The Bertz CT molecular complexity index is 934. The maximum atomic E-state index is 11.3. The van der Waals surface area contributed by atoms with Crippen LogP contribution in [0.1, 0.15) is 122 Å². The lowest BCUT2D eigenvalue weighted by molar-refractivity contribution is -0.137. The summed E-state index contributed by atoms with van der Waals surface area (Å²) in [4.78, 5) is 11.3. The molecule has 0 bridgehead atoms. The molecule has 1 aliphatic rings. The molecule has 0 spiro atoms. The van der Waals surface area contributed by atoms with Crippen LogP contribution < -0.4 is 0 Å². The molecule has 41 heavy (non-hydrogen) atoms. The molecule has 2 rings (SSSR count). The minimum absolute atomic E-state index is 0.226. The predicted octanol–water partition coefficient (Wildman–Crippen LogP) is 7.81. The summed E-state index contributed by atoms with van der Waals surface area (Å²) in [5.41, 5.74) is 5.13. The fraction of sp³-hybridized carbons (Fsp3) is 0.694. The highest BCUT2D eigenvalue weighted by molar-refractivity contribution is 5.66. The van der Waals surface area contributed by atoms with Crippen molar-refractivity contribution < 1.29 is 25.2 Å². The Morgan fingerprint density at radius 3 is 2.37 bits per heavy atom. The minimum Gasteiger partial charge on any atom is -0.481 e. The molecule has 0 amide bonds. The van der Waals surface area contributed by atoms with E-state index in [-0.39, 0.29) is 13.0 Å². The van der Waals surface area contributed by atoms with E-state index in [1.807, 2.05) is 6.08 Å². The molecule has 5 nitrogen and oxygen atoms in total. The van der Waals surface area contributed by atoms with Crippen LogP contribution in [-0.2, 0) is 17.6 Å². The van der Waals surface area contributed by atoms with Crippen molar-refractivity contribution in [3.63, 3.8) is 0 Å². The third kappa shape index (κ3) is 14.7. The minimum atomic E-state index is -0.798. The van der Waals surface area contributed by atoms with E-state index in [0.717, 1.165) is 89.9 Å². The van der Waals surface area contributed by atoms with Crippen LogP contribution in [0.3, 0.4) is 0 Å². The first-order valence-corrected chi connectivity index (χ1v) is 16.4. The number of hydrogen-bond acceptors (Lipinski definition) is 4. The number of aliphatic hydroxyl groups excluding tert-OH is 3. The molecule has 4 N–H and O–H groups in total. The van der Waals surface area contributed by atoms with Gasteiger partial charge < -0.3 is 20.4 Å². The van der Waals surface area contributed by atoms with Gasteiger partial charge in [0.2, 0.25) is 0 Å². The lowest BCUT2D eigenvalue weighted by Crippen LogP contribution is -2.17. The van der Waals surface area contributed by atoms with Crippen molar-refractivity contribution in [3.8, 4) is 0 Å². The van der Waals surface area contributed by atoms with Crippen LogP contribution in [0.5, 0.6) is 0 Å². The summed E-state index contributed by atoms with van der Waals surface area (Å²) in [5.74, 6) is 0.704. The number of carbonyl (C=O) groups is 1. The molecule has 0 saturated carbocycles. The van der Waals surface area contributed by atoms with Crippen LogP contribution in [0.2, 0.25) is 0 Å². The van der Waals surface area contributed by atoms with Gasteiger partial charge in [-0.1, -0.05) is 101 Å². The lowest BCUT2D eigenvalue weighted by atomic mass is 9.80. The maximum Gasteiger partial charge on any atom is 0.303 e. The fourth-order valence-corrected chi connectivity index (χ4v) is 6.17. The number of aryl methyl sites for hydroxylation is 2. The first-order valence-electron chi connectivity index (χ1n) is 16.4. The summed E-state index contributed by atoms with van der Waals surface area (Å²) in [6.07, 6.45) is 17.0. The second-order valence-electron chi connectivity index (χ2n) is 12.8. The topological polar surface area (TPSA) is 98.0 Å². The SMILES string of the molecule is CCCCCC(O)C=CC1=C(CC(O)CO)CC(CCC(CCC(=O)O)CCC(C)C)CCc2ccccc2CC1. The second-order valence-corrected chi connectivity index (χ2v) is 12.8. The van der Waals surface area contributed by atoms with E-state index in [1.54, 1.807) is 0 Å². The molecular formula is C36H58O5. The number of hydrogen-bond donors (Lipinski definition) is 4. The standard InChI is InChI=1S/C36H58O5/c1-4-5-6-11-34(38)22-21-32-20-19-31-10-8-7-9-30(31)18-16-29(24-33(32)25-35(39)26-37)15-14-28(13-12-27(2)3)17-23-36(40)41/h7-10,21-22,27-29,34-35,37-39H,4-6,11-20,23-26H2,1-3H3,(H,40,41). The largest absolute Gasteiger partial charge is 0.481 e. The van der Waals surface area contributed by atoms with E-state index < -0.39 is 18.2 Å². The molecule has 4 unspecified atom stereocenters. The van der Waals surface area contributed by atoms with Crippen LogP contribution in [0.25, 0.3) is 0 Å². The van der Waals surface area contributed by atoms with E-state index in [0.29, 0.717) is 24.2 Å². The van der Waals surface area contributed by atoms with Crippen LogP contribution in [0.4, 0.5) is 0 Å². The van der Waals surface area contributed by atoms with Gasteiger partial charge in [-0.2, -0.15) is 0 Å². The molecule has 1 aromatic rings. The third-order valence-corrected chi connectivity index (χ3v) is 8.81. The monoisotopic (exact) mass is 570 g/mol. The van der Waals surface area contributed by atoms with E-state index in [9.17, 15) is 25.2 Å². The summed E-state index contributed by atoms with van der Waals surface area (Å²) < 4.78 is 0. The number of carboxylic acids is 1. The Balaban J connectivity index is 2.35. The fourth-order valence-electron chi connectivity index (χ4n) is 6.17. The number of aliphatic hydroxyl groups is 3. The van der Waals surface area contributed by atoms with E-state index in [2.05, 4.69) is 51.1 Å². The van der Waals surface area contributed by atoms with Crippen LogP contribution in [0.15, 0.2) is 47.6 Å². The van der Waals surface area contributed by atoms with Gasteiger partial charge in [0.25, 0.3) is 0 Å². The van der Waals surface area contributed by atoms with Gasteiger partial charge >= 0.3 is 5.97 Å². The molecule has 1 aromatic carbocycles. The Labute approximate surface area is 249 Å². The normalized spacial score (nSPS) is 18.9. The summed E-state index contributed by atoms with van der Waals surface area (Å²) in [6, 6.07) is 8.71. The van der Waals surface area contributed by atoms with Crippen molar-refractivity contribution >= 4 is 5.97 Å². The van der Waals surface area contributed by atoms with Gasteiger partial charge in [-0.15, -0.1) is 0 Å². The Hall–Kier alpha value is -1.95. The number of unbranched alkanes of at least 4 members (excludes halogenated alkanes) is 2. The smallest absolute Gasteiger partial charge is 0.303 e. The number of benzene rings is 1. The summed E-state index contributed by atoms with van der Waals surface area (Å²) in [6.45, 7) is 6.36. The molecule has 232 valence electrons. The number of carboxylic acid groups (broad SMARTS) is 1. The summed E-state index contributed by atoms with van der Waals surface area (Å²) in [7, 11) is 0. The van der Waals surface area contributed by atoms with Crippen molar-refractivity contribution in [1.82, 2.24) is 0 Å². The number of aliphatic carboxylic acids is 1. The van der Waals surface area contributed by atoms with Crippen molar-refractivity contribution in [2.45, 2.75) is 136 Å². The van der Waals surface area contributed by atoms with Gasteiger partial charge in [0.1, 0.15) is 0 Å². The molecule has 0 aliphatic heterocycles. The highest BCUT2D eigenvalue weighted by Gasteiger charge is 2.21. The molecule has 0 saturated heterocycles. The molecule has 4 atom stereocenters. The molecular weight excluding hydrogens is 512 g/mol. The quantitative estimate of drug-likeness (QED) is 0.135. The number of rotatable bonds is 18. The molecule has 0 aromatic heterocycles. The van der Waals surface area contributed by atoms with Gasteiger partial charge in [0.15, 0.2) is 0 Å². The Morgan fingerprint density at radius 1 is 0.976 bits per heavy atom. The first kappa shape index (κ1) is 35.2. The van der Waals surface area contributed by atoms with Gasteiger partial charge in [0, 0.05) is 6.42 Å². The molecule has 0 heterocycles. The summed E-state index contributed by atoms with van der Waals surface area (Å²) >= 11 is 0. The van der Waals surface area contributed by atoms with Gasteiger partial charge in [-0.25, -0.2) is 0 Å². The lowest BCUT2D eigenvalue weighted by Gasteiger charge is -2.26. The van der Waals surface area contributed by atoms with Crippen molar-refractivity contribution in [2.75, 3.05) is 6.61 Å². The first-order chi connectivity index (χ1) is 19.7. The average molecular weight is 571 g/mol. The highest BCUT2D eigenvalue weighted by Crippen LogP contribution is 2.34. The van der Waals surface area contributed by atoms with Gasteiger partial charge in [-0.05, 0) is 92.2 Å². The second kappa shape index (κ2) is 20.0. The van der Waals surface area contributed by atoms with Gasteiger partial charge in [-0.3, -0.25) is 4.79 Å². The van der Waals surface area contributed by atoms with E-state index in [4.69, 9.17) is 0 Å². The zero-order valence-electron chi connectivity index (χ0n) is 26.1. The maximum absolute atomic E-state index is 11.3. The Morgan fingerprint density at radius 2 is 1.71 bits per heavy atom. The van der Waals surface area contributed by atoms with E-state index in [1.165, 1.54) is 22.3 Å². The number of allylic oxidation sites excluding steroid dienone is 2. The van der Waals surface area contributed by atoms with Crippen LogP contribution >= 0.6 is 0 Å². The zero-order chi connectivity index (χ0) is 30.0. The molecule has 1 aliphatic carbocycles. The third-order valence-electron chi connectivity index (χ3n) is 8.81. The molecule has 0 radical (unpaired) electrons. The number of fused-ring (bicyclic) bond motifs is 1.